The van der Waals surface area contributed by atoms with Crippen LogP contribution in [0.15, 0.2) is 6.20 Å². The lowest BCUT2D eigenvalue weighted by Crippen LogP contribution is -2.12. The molecule has 4 heteroatoms. The van der Waals surface area contributed by atoms with E-state index < -0.39 is 0 Å². The Morgan fingerprint density at radius 1 is 1.50 bits per heavy atom. The Bertz CT molecular complexity index is 365. The summed E-state index contributed by atoms with van der Waals surface area (Å²) >= 11 is 5.11. The standard InChI is InChI=1S/C10H16N2OS/c1-10(2,3)5-8-11-6-7(13-4)9(14)12-8/h6H,5H2,1-4H3,(H,11,12,14). The van der Waals surface area contributed by atoms with Gasteiger partial charge in [-0.25, -0.2) is 4.98 Å². The van der Waals surface area contributed by atoms with E-state index in [-0.39, 0.29) is 5.41 Å². The number of methoxy groups -OCH3 is 1. The second kappa shape index (κ2) is 4.09. The molecular formula is C10H16N2OS. The molecule has 0 spiro atoms. The van der Waals surface area contributed by atoms with Crippen molar-refractivity contribution in [2.45, 2.75) is 27.2 Å². The van der Waals surface area contributed by atoms with E-state index >= 15 is 0 Å². The van der Waals surface area contributed by atoms with E-state index in [2.05, 4.69) is 30.7 Å². The number of nitrogens with zero attached hydrogens (tertiary/aromatic N) is 1. The maximum absolute atomic E-state index is 5.11. The molecule has 0 aliphatic carbocycles. The minimum absolute atomic E-state index is 0.208. The van der Waals surface area contributed by atoms with Crippen molar-refractivity contribution in [2.24, 2.45) is 5.41 Å². The molecule has 3 nitrogen and oxygen atoms in total. The molecule has 0 bridgehead atoms. The molecule has 78 valence electrons. The molecular weight excluding hydrogens is 196 g/mol. The van der Waals surface area contributed by atoms with Crippen LogP contribution in [0.25, 0.3) is 0 Å². The van der Waals surface area contributed by atoms with Crippen LogP contribution < -0.4 is 4.74 Å². The predicted molar refractivity (Wildman–Crippen MR) is 59.1 cm³/mol. The normalized spacial score (nSPS) is 11.4. The predicted octanol–water partition coefficient (Wildman–Crippen LogP) is 2.74. The molecule has 1 rings (SSSR count). The summed E-state index contributed by atoms with van der Waals surface area (Å²) in [6.07, 6.45) is 2.54. The minimum atomic E-state index is 0.208. The number of aromatic amines is 1. The molecule has 0 radical (unpaired) electrons. The van der Waals surface area contributed by atoms with Gasteiger partial charge in [0.2, 0.25) is 0 Å². The van der Waals surface area contributed by atoms with Gasteiger partial charge in [0.1, 0.15) is 10.5 Å². The smallest absolute Gasteiger partial charge is 0.171 e. The van der Waals surface area contributed by atoms with Crippen molar-refractivity contribution in [3.8, 4) is 5.75 Å². The van der Waals surface area contributed by atoms with Crippen molar-refractivity contribution in [2.75, 3.05) is 7.11 Å². The molecule has 1 aromatic heterocycles. The summed E-state index contributed by atoms with van der Waals surface area (Å²) in [5.74, 6) is 1.53. The van der Waals surface area contributed by atoms with Gasteiger partial charge in [-0.05, 0) is 5.41 Å². The molecule has 0 saturated heterocycles. The third-order valence-electron chi connectivity index (χ3n) is 1.74. The second-order valence-corrected chi connectivity index (χ2v) is 4.87. The van der Waals surface area contributed by atoms with Crippen LogP contribution >= 0.6 is 12.2 Å². The van der Waals surface area contributed by atoms with Gasteiger partial charge in [0.15, 0.2) is 5.75 Å². The lowest BCUT2D eigenvalue weighted by Gasteiger charge is -2.17. The molecule has 1 N–H and O–H groups in total. The van der Waals surface area contributed by atoms with E-state index in [4.69, 9.17) is 17.0 Å². The van der Waals surface area contributed by atoms with Crippen LogP contribution in [0.4, 0.5) is 0 Å². The first kappa shape index (κ1) is 11.2. The van der Waals surface area contributed by atoms with E-state index in [1.165, 1.54) is 0 Å². The number of hydrogen-bond acceptors (Lipinski definition) is 3. The number of H-pyrrole nitrogens is 1. The van der Waals surface area contributed by atoms with Crippen LogP contribution in [-0.2, 0) is 6.42 Å². The molecule has 0 aromatic carbocycles. The number of aromatic nitrogens is 2. The Morgan fingerprint density at radius 2 is 2.14 bits per heavy atom. The van der Waals surface area contributed by atoms with Crippen LogP contribution in [0.1, 0.15) is 26.6 Å². The number of hydrogen-bond donors (Lipinski definition) is 1. The van der Waals surface area contributed by atoms with Gasteiger partial charge < -0.3 is 9.72 Å². The molecule has 0 aliphatic heterocycles. The number of nitrogens with one attached hydrogen (secondary N) is 1. The molecule has 0 fully saturated rings. The van der Waals surface area contributed by atoms with E-state index in [0.29, 0.717) is 10.4 Å². The van der Waals surface area contributed by atoms with E-state index in [9.17, 15) is 0 Å². The lowest BCUT2D eigenvalue weighted by atomic mass is 9.92. The summed E-state index contributed by atoms with van der Waals surface area (Å²) < 4.78 is 5.64. The monoisotopic (exact) mass is 212 g/mol. The Hall–Kier alpha value is -0.900. The summed E-state index contributed by atoms with van der Waals surface area (Å²) in [5.41, 5.74) is 0.208. The number of rotatable bonds is 2. The van der Waals surface area contributed by atoms with Gasteiger partial charge in [0, 0.05) is 6.42 Å². The fraction of sp³-hybridized carbons (Fsp3) is 0.600. The Balaban J connectivity index is 2.93. The third-order valence-corrected chi connectivity index (χ3v) is 2.04. The quantitative estimate of drug-likeness (QED) is 0.766. The molecule has 1 heterocycles. The molecule has 14 heavy (non-hydrogen) atoms. The third kappa shape index (κ3) is 3.10. The Morgan fingerprint density at radius 3 is 2.57 bits per heavy atom. The van der Waals surface area contributed by atoms with Gasteiger partial charge in [-0.3, -0.25) is 0 Å². The zero-order valence-electron chi connectivity index (χ0n) is 9.05. The highest BCUT2D eigenvalue weighted by molar-refractivity contribution is 7.71. The summed E-state index contributed by atoms with van der Waals surface area (Å²) in [4.78, 5) is 7.31. The average molecular weight is 212 g/mol. The van der Waals surface area contributed by atoms with Gasteiger partial charge in [0.05, 0.1) is 13.3 Å². The molecule has 1 aromatic rings. The fourth-order valence-corrected chi connectivity index (χ4v) is 1.41. The van der Waals surface area contributed by atoms with E-state index in [1.54, 1.807) is 13.3 Å². The maximum Gasteiger partial charge on any atom is 0.171 e. The summed E-state index contributed by atoms with van der Waals surface area (Å²) in [6, 6.07) is 0. The highest BCUT2D eigenvalue weighted by Crippen LogP contribution is 2.19. The average Bonchev–Trinajstić information content (AvgIpc) is 2.01. The fourth-order valence-electron chi connectivity index (χ4n) is 1.16. The van der Waals surface area contributed by atoms with Crippen LogP contribution in [-0.4, -0.2) is 17.1 Å². The van der Waals surface area contributed by atoms with Gasteiger partial charge in [-0.1, -0.05) is 33.0 Å². The van der Waals surface area contributed by atoms with Crippen molar-refractivity contribution in [3.05, 3.63) is 16.7 Å². The van der Waals surface area contributed by atoms with Gasteiger partial charge in [-0.2, -0.15) is 0 Å². The van der Waals surface area contributed by atoms with Crippen molar-refractivity contribution < 1.29 is 4.74 Å². The van der Waals surface area contributed by atoms with Crippen LogP contribution in [0.5, 0.6) is 5.75 Å². The van der Waals surface area contributed by atoms with Crippen LogP contribution in [0.3, 0.4) is 0 Å². The summed E-state index contributed by atoms with van der Waals surface area (Å²) in [5, 5.41) is 0. The Kier molecular flexibility index (Phi) is 3.26. The first-order valence-corrected chi connectivity index (χ1v) is 4.95. The van der Waals surface area contributed by atoms with Crippen molar-refractivity contribution >= 4 is 12.2 Å². The summed E-state index contributed by atoms with van der Waals surface area (Å²) in [7, 11) is 1.59. The van der Waals surface area contributed by atoms with Crippen LogP contribution in [0, 0.1) is 10.1 Å². The topological polar surface area (TPSA) is 37.9 Å². The molecule has 0 aliphatic rings. The van der Waals surface area contributed by atoms with E-state index in [1.807, 2.05) is 0 Å². The zero-order chi connectivity index (χ0) is 10.8. The Labute approximate surface area is 89.5 Å². The van der Waals surface area contributed by atoms with Gasteiger partial charge in [0.25, 0.3) is 0 Å². The highest BCUT2D eigenvalue weighted by Gasteiger charge is 2.12. The minimum Gasteiger partial charge on any atom is -0.492 e. The highest BCUT2D eigenvalue weighted by atomic mass is 32.1. The zero-order valence-corrected chi connectivity index (χ0v) is 9.86. The largest absolute Gasteiger partial charge is 0.492 e. The second-order valence-electron chi connectivity index (χ2n) is 4.46. The van der Waals surface area contributed by atoms with E-state index in [0.717, 1.165) is 12.2 Å². The van der Waals surface area contributed by atoms with Crippen LogP contribution in [0.2, 0.25) is 0 Å². The number of ether oxygens (including phenoxy) is 1. The molecule has 0 amide bonds. The molecule has 0 atom stereocenters. The van der Waals surface area contributed by atoms with Crippen molar-refractivity contribution in [1.82, 2.24) is 9.97 Å². The molecule has 0 unspecified atom stereocenters. The van der Waals surface area contributed by atoms with Crippen molar-refractivity contribution in [1.29, 1.82) is 0 Å². The SMILES string of the molecule is COc1cnc(CC(C)(C)C)[nH]c1=S. The van der Waals surface area contributed by atoms with Gasteiger partial charge >= 0.3 is 0 Å². The summed E-state index contributed by atoms with van der Waals surface area (Å²) in [6.45, 7) is 6.49. The lowest BCUT2D eigenvalue weighted by molar-refractivity contribution is 0.391. The maximum atomic E-state index is 5.11. The first-order chi connectivity index (χ1) is 6.42. The van der Waals surface area contributed by atoms with Crippen molar-refractivity contribution in [3.63, 3.8) is 0 Å². The first-order valence-electron chi connectivity index (χ1n) is 4.54. The molecule has 0 saturated carbocycles. The van der Waals surface area contributed by atoms with Gasteiger partial charge in [-0.15, -0.1) is 0 Å².